The highest BCUT2D eigenvalue weighted by molar-refractivity contribution is 7.59. The number of hydrogen-bond acceptors (Lipinski definition) is 2. The van der Waals surface area contributed by atoms with Gasteiger partial charge in [0.1, 0.15) is 6.04 Å². The Morgan fingerprint density at radius 1 is 1.50 bits per heavy atom. The van der Waals surface area contributed by atoms with Crippen LogP contribution < -0.4 is 0 Å². The zero-order valence-corrected chi connectivity index (χ0v) is 9.83. The maximum absolute atomic E-state index is 10.8. The van der Waals surface area contributed by atoms with Gasteiger partial charge in [-0.2, -0.15) is 13.5 Å². The number of aliphatic carboxylic acids is 1. The van der Waals surface area contributed by atoms with Crippen molar-refractivity contribution in [2.24, 2.45) is 0 Å². The van der Waals surface area contributed by atoms with Crippen LogP contribution in [0.2, 0.25) is 0 Å². The second-order valence-electron chi connectivity index (χ2n) is 3.74. The third-order valence-electron chi connectivity index (χ3n) is 2.70. The normalized spacial score (nSPS) is 21.9. The van der Waals surface area contributed by atoms with Crippen molar-refractivity contribution in [3.63, 3.8) is 0 Å². The van der Waals surface area contributed by atoms with E-state index in [4.69, 9.17) is 5.11 Å². The summed E-state index contributed by atoms with van der Waals surface area (Å²) in [6, 6.07) is -0.197. The van der Waals surface area contributed by atoms with Gasteiger partial charge in [-0.15, -0.1) is 0 Å². The molecule has 1 saturated heterocycles. The van der Waals surface area contributed by atoms with Gasteiger partial charge in [0.25, 0.3) is 0 Å². The van der Waals surface area contributed by atoms with Crippen LogP contribution in [0.1, 0.15) is 39.0 Å². The van der Waals surface area contributed by atoms with Crippen LogP contribution in [-0.2, 0) is 4.79 Å². The quantitative estimate of drug-likeness (QED) is 0.717. The summed E-state index contributed by atoms with van der Waals surface area (Å²) in [6.07, 6.45) is 5.43. The van der Waals surface area contributed by atoms with Crippen LogP contribution in [0.3, 0.4) is 0 Å². The Balaban J connectivity index is 0.00000169. The third kappa shape index (κ3) is 3.88. The summed E-state index contributed by atoms with van der Waals surface area (Å²) >= 11 is 0. The van der Waals surface area contributed by atoms with Gasteiger partial charge in [0, 0.05) is 0 Å². The summed E-state index contributed by atoms with van der Waals surface area (Å²) in [4.78, 5) is 12.9. The first-order valence-electron chi connectivity index (χ1n) is 5.22. The Bertz CT molecular complexity index is 176. The first kappa shape index (κ1) is 13.8. The molecular weight excluding hydrogens is 198 g/mol. The van der Waals surface area contributed by atoms with Gasteiger partial charge in [-0.1, -0.05) is 19.8 Å². The van der Waals surface area contributed by atoms with E-state index in [1.807, 2.05) is 0 Å². The molecular formula is C10H21NO2S. The lowest BCUT2D eigenvalue weighted by molar-refractivity contribution is -0.142. The van der Waals surface area contributed by atoms with Crippen LogP contribution in [0.15, 0.2) is 0 Å². The van der Waals surface area contributed by atoms with Crippen LogP contribution in [-0.4, -0.2) is 35.1 Å². The standard InChI is InChI=1S/C10H19NO2.H2S/c1-2-3-4-7-11-8-5-6-9(11)10(12)13;/h9H,2-8H2,1H3,(H,12,13);1H2/t9-;/m0./s1. The maximum atomic E-state index is 10.8. The second kappa shape index (κ2) is 7.12. The minimum Gasteiger partial charge on any atom is -0.480 e. The molecule has 1 atom stereocenters. The number of rotatable bonds is 5. The number of unbranched alkanes of at least 4 members (excludes halogenated alkanes) is 2. The average Bonchev–Trinajstić information content (AvgIpc) is 2.53. The van der Waals surface area contributed by atoms with Crippen molar-refractivity contribution in [2.45, 2.75) is 45.1 Å². The molecule has 0 aliphatic carbocycles. The molecule has 1 aliphatic heterocycles. The molecule has 1 N–H and O–H groups in total. The van der Waals surface area contributed by atoms with Gasteiger partial charge in [0.05, 0.1) is 0 Å². The Morgan fingerprint density at radius 2 is 2.21 bits per heavy atom. The van der Waals surface area contributed by atoms with E-state index in [1.165, 1.54) is 12.8 Å². The van der Waals surface area contributed by atoms with Crippen molar-refractivity contribution in [1.82, 2.24) is 4.90 Å². The number of hydrogen-bond donors (Lipinski definition) is 1. The summed E-state index contributed by atoms with van der Waals surface area (Å²) < 4.78 is 0. The minimum atomic E-state index is -0.644. The fourth-order valence-electron chi connectivity index (χ4n) is 1.94. The molecule has 0 aromatic rings. The van der Waals surface area contributed by atoms with Crippen LogP contribution >= 0.6 is 13.5 Å². The van der Waals surface area contributed by atoms with E-state index in [-0.39, 0.29) is 19.5 Å². The van der Waals surface area contributed by atoms with Crippen molar-refractivity contribution in [2.75, 3.05) is 13.1 Å². The van der Waals surface area contributed by atoms with Crippen LogP contribution in [0, 0.1) is 0 Å². The molecule has 0 amide bonds. The second-order valence-corrected chi connectivity index (χ2v) is 3.74. The van der Waals surface area contributed by atoms with Crippen molar-refractivity contribution in [3.8, 4) is 0 Å². The summed E-state index contributed by atoms with van der Waals surface area (Å²) in [5.41, 5.74) is 0. The number of nitrogens with zero attached hydrogens (tertiary/aromatic N) is 1. The number of carboxylic acid groups (broad SMARTS) is 1. The molecule has 1 aliphatic rings. The van der Waals surface area contributed by atoms with Gasteiger partial charge in [-0.05, 0) is 32.4 Å². The Morgan fingerprint density at radius 3 is 2.79 bits per heavy atom. The smallest absolute Gasteiger partial charge is 0.320 e. The van der Waals surface area contributed by atoms with Crippen LogP contribution in [0.25, 0.3) is 0 Å². The first-order chi connectivity index (χ1) is 6.25. The van der Waals surface area contributed by atoms with Gasteiger partial charge < -0.3 is 5.11 Å². The van der Waals surface area contributed by atoms with Gasteiger partial charge >= 0.3 is 5.97 Å². The molecule has 0 saturated carbocycles. The molecule has 14 heavy (non-hydrogen) atoms. The van der Waals surface area contributed by atoms with E-state index >= 15 is 0 Å². The van der Waals surface area contributed by atoms with E-state index in [0.717, 1.165) is 32.4 Å². The monoisotopic (exact) mass is 219 g/mol. The molecule has 0 bridgehead atoms. The molecule has 1 heterocycles. The van der Waals surface area contributed by atoms with Crippen molar-refractivity contribution >= 4 is 19.5 Å². The van der Waals surface area contributed by atoms with Gasteiger partial charge in [-0.25, -0.2) is 0 Å². The van der Waals surface area contributed by atoms with Crippen LogP contribution in [0.5, 0.6) is 0 Å². The molecule has 1 fully saturated rings. The molecule has 3 nitrogen and oxygen atoms in total. The molecule has 0 aromatic heterocycles. The molecule has 4 heteroatoms. The Kier molecular flexibility index (Phi) is 7.01. The lowest BCUT2D eigenvalue weighted by Gasteiger charge is -2.20. The lowest BCUT2D eigenvalue weighted by atomic mass is 10.2. The van der Waals surface area contributed by atoms with E-state index in [0.29, 0.717) is 0 Å². The largest absolute Gasteiger partial charge is 0.480 e. The number of likely N-dealkylation sites (tertiary alicyclic amines) is 1. The highest BCUT2D eigenvalue weighted by Gasteiger charge is 2.29. The minimum absolute atomic E-state index is 0. The zero-order valence-electron chi connectivity index (χ0n) is 8.83. The maximum Gasteiger partial charge on any atom is 0.320 e. The van der Waals surface area contributed by atoms with Crippen molar-refractivity contribution in [1.29, 1.82) is 0 Å². The van der Waals surface area contributed by atoms with Crippen molar-refractivity contribution < 1.29 is 9.90 Å². The van der Waals surface area contributed by atoms with Gasteiger partial charge in [0.2, 0.25) is 0 Å². The SMILES string of the molecule is CCCCCN1CCC[C@H]1C(=O)O.S. The Hall–Kier alpha value is -0.220. The molecule has 0 unspecified atom stereocenters. The summed E-state index contributed by atoms with van der Waals surface area (Å²) in [5, 5.41) is 8.90. The third-order valence-corrected chi connectivity index (χ3v) is 2.70. The lowest BCUT2D eigenvalue weighted by Crippen LogP contribution is -2.36. The topological polar surface area (TPSA) is 40.5 Å². The van der Waals surface area contributed by atoms with E-state index < -0.39 is 5.97 Å². The molecule has 0 radical (unpaired) electrons. The van der Waals surface area contributed by atoms with E-state index in [1.54, 1.807) is 0 Å². The van der Waals surface area contributed by atoms with Crippen molar-refractivity contribution in [3.05, 3.63) is 0 Å². The first-order valence-corrected chi connectivity index (χ1v) is 5.22. The molecule has 84 valence electrons. The average molecular weight is 219 g/mol. The fourth-order valence-corrected chi connectivity index (χ4v) is 1.94. The highest BCUT2D eigenvalue weighted by Crippen LogP contribution is 2.17. The van der Waals surface area contributed by atoms with E-state index in [2.05, 4.69) is 11.8 Å². The molecule has 1 rings (SSSR count). The zero-order chi connectivity index (χ0) is 9.68. The Labute approximate surface area is 92.9 Å². The van der Waals surface area contributed by atoms with Gasteiger partial charge in [-0.3, -0.25) is 9.69 Å². The predicted octanol–water partition coefficient (Wildman–Crippen LogP) is 1.84. The summed E-state index contributed by atoms with van der Waals surface area (Å²) in [6.45, 7) is 4.10. The summed E-state index contributed by atoms with van der Waals surface area (Å²) in [5.74, 6) is -0.644. The number of carbonyl (C=O) groups is 1. The van der Waals surface area contributed by atoms with Crippen LogP contribution in [0.4, 0.5) is 0 Å². The van der Waals surface area contributed by atoms with Gasteiger partial charge in [0.15, 0.2) is 0 Å². The van der Waals surface area contributed by atoms with E-state index in [9.17, 15) is 4.79 Å². The molecule has 0 spiro atoms. The highest BCUT2D eigenvalue weighted by atomic mass is 32.1. The summed E-state index contributed by atoms with van der Waals surface area (Å²) in [7, 11) is 0. The predicted molar refractivity (Wildman–Crippen MR) is 62.1 cm³/mol. The molecule has 0 aromatic carbocycles. The number of carboxylic acids is 1. The fraction of sp³-hybridized carbons (Fsp3) is 0.900.